The van der Waals surface area contributed by atoms with Crippen molar-refractivity contribution in [1.82, 2.24) is 4.98 Å². The van der Waals surface area contributed by atoms with Gasteiger partial charge in [0.15, 0.2) is 0 Å². The topological polar surface area (TPSA) is 31.4 Å². The van der Waals surface area contributed by atoms with E-state index in [1.807, 2.05) is 38.1 Å². The zero-order chi connectivity index (χ0) is 22.0. The first-order valence-corrected chi connectivity index (χ1v) is 10.5. The van der Waals surface area contributed by atoms with Crippen molar-refractivity contribution in [2.45, 2.75) is 45.7 Å². The van der Waals surface area contributed by atoms with Gasteiger partial charge in [0.05, 0.1) is 12.2 Å². The normalized spacial score (nSPS) is 13.6. The quantitative estimate of drug-likeness (QED) is 0.433. The van der Waals surface area contributed by atoms with Gasteiger partial charge in [-0.25, -0.2) is 0 Å². The summed E-state index contributed by atoms with van der Waals surface area (Å²) in [4.78, 5) is 4.85. The third-order valence-corrected chi connectivity index (χ3v) is 5.45. The van der Waals surface area contributed by atoms with E-state index in [1.54, 1.807) is 0 Å². The molecule has 0 N–H and O–H groups in total. The van der Waals surface area contributed by atoms with E-state index >= 15 is 0 Å². The summed E-state index contributed by atoms with van der Waals surface area (Å²) in [6, 6.07) is 12.1. The van der Waals surface area contributed by atoms with Gasteiger partial charge in [0.1, 0.15) is 17.2 Å². The number of halogens is 3. The lowest BCUT2D eigenvalue weighted by Crippen LogP contribution is -2.11. The third kappa shape index (κ3) is 4.53. The van der Waals surface area contributed by atoms with Gasteiger partial charge >= 0.3 is 6.18 Å². The summed E-state index contributed by atoms with van der Waals surface area (Å²) in [5, 5.41) is 0. The molecule has 2 aromatic carbocycles. The van der Waals surface area contributed by atoms with Crippen molar-refractivity contribution in [3.8, 4) is 28.4 Å². The smallest absolute Gasteiger partial charge is 0.416 e. The lowest BCUT2D eigenvalue weighted by Gasteiger charge is -2.23. The van der Waals surface area contributed by atoms with Crippen LogP contribution >= 0.6 is 0 Å². The maximum absolute atomic E-state index is 12.7. The van der Waals surface area contributed by atoms with Crippen molar-refractivity contribution in [1.29, 1.82) is 0 Å². The van der Waals surface area contributed by atoms with Gasteiger partial charge in [0.25, 0.3) is 0 Å². The summed E-state index contributed by atoms with van der Waals surface area (Å²) in [6.07, 6.45) is -0.118. The number of ether oxygens (including phenoxy) is 2. The Morgan fingerprint density at radius 3 is 2.13 bits per heavy atom. The van der Waals surface area contributed by atoms with Crippen LogP contribution in [0.25, 0.3) is 11.1 Å². The number of hydrogen-bond donors (Lipinski definition) is 0. The first-order chi connectivity index (χ1) is 14.9. The van der Waals surface area contributed by atoms with E-state index in [9.17, 15) is 13.2 Å². The van der Waals surface area contributed by atoms with Gasteiger partial charge in [-0.2, -0.15) is 13.2 Å². The fourth-order valence-electron chi connectivity index (χ4n) is 4.01. The molecule has 0 amide bonds. The highest BCUT2D eigenvalue weighted by Crippen LogP contribution is 2.40. The number of nitrogens with zero attached hydrogens (tertiary/aromatic N) is 1. The van der Waals surface area contributed by atoms with Gasteiger partial charge in [0.2, 0.25) is 0 Å². The van der Waals surface area contributed by atoms with Crippen LogP contribution in [-0.4, -0.2) is 11.6 Å². The lowest BCUT2D eigenvalue weighted by molar-refractivity contribution is -0.137. The van der Waals surface area contributed by atoms with Crippen molar-refractivity contribution in [2.75, 3.05) is 6.61 Å². The molecule has 1 heterocycles. The first-order valence-electron chi connectivity index (χ1n) is 10.5. The number of rotatable bonds is 5. The summed E-state index contributed by atoms with van der Waals surface area (Å²) >= 11 is 0. The van der Waals surface area contributed by atoms with Gasteiger partial charge in [-0.15, -0.1) is 0 Å². The average molecular weight is 427 g/mol. The minimum Gasteiger partial charge on any atom is -0.493 e. The molecule has 6 heteroatoms. The Morgan fingerprint density at radius 2 is 1.52 bits per heavy atom. The van der Waals surface area contributed by atoms with Crippen molar-refractivity contribution in [3.05, 3.63) is 71.0 Å². The van der Waals surface area contributed by atoms with Crippen LogP contribution in [0, 0.1) is 6.92 Å². The van der Waals surface area contributed by atoms with Crippen LogP contribution in [0.1, 0.15) is 42.3 Å². The van der Waals surface area contributed by atoms with E-state index in [1.165, 1.54) is 17.7 Å². The summed E-state index contributed by atoms with van der Waals surface area (Å²) < 4.78 is 50.0. The molecule has 1 aromatic heterocycles. The molecule has 0 saturated heterocycles. The molecule has 0 atom stereocenters. The predicted molar refractivity (Wildman–Crippen MR) is 114 cm³/mol. The number of aryl methyl sites for hydroxylation is 2. The second-order valence-electron chi connectivity index (χ2n) is 7.62. The molecule has 1 aliphatic rings. The van der Waals surface area contributed by atoms with E-state index in [4.69, 9.17) is 14.5 Å². The molecule has 3 nitrogen and oxygen atoms in total. The second kappa shape index (κ2) is 8.61. The summed E-state index contributed by atoms with van der Waals surface area (Å²) in [6.45, 7) is 4.56. The molecule has 31 heavy (non-hydrogen) atoms. The van der Waals surface area contributed by atoms with Gasteiger partial charge < -0.3 is 9.47 Å². The fourth-order valence-corrected chi connectivity index (χ4v) is 4.01. The maximum atomic E-state index is 12.7. The number of fused-ring (bicyclic) bond motifs is 1. The molecule has 0 aliphatic heterocycles. The Balaban J connectivity index is 1.61. The zero-order valence-corrected chi connectivity index (χ0v) is 17.6. The van der Waals surface area contributed by atoms with Crippen molar-refractivity contribution < 1.29 is 22.6 Å². The molecule has 0 fully saturated rings. The maximum Gasteiger partial charge on any atom is 0.416 e. The highest BCUT2D eigenvalue weighted by atomic mass is 19.4. The van der Waals surface area contributed by atoms with E-state index in [0.717, 1.165) is 66.1 Å². The number of aromatic nitrogens is 1. The molecular weight excluding hydrogens is 403 g/mol. The van der Waals surface area contributed by atoms with Crippen LogP contribution in [0.2, 0.25) is 0 Å². The molecule has 4 rings (SSSR count). The van der Waals surface area contributed by atoms with E-state index in [-0.39, 0.29) is 0 Å². The van der Waals surface area contributed by atoms with Crippen LogP contribution in [0.3, 0.4) is 0 Å². The minimum atomic E-state index is -4.36. The van der Waals surface area contributed by atoms with Crippen LogP contribution in [-0.2, 0) is 19.0 Å². The predicted octanol–water partition coefficient (Wildman–Crippen LogP) is 7.15. The Labute approximate surface area is 179 Å². The highest BCUT2D eigenvalue weighted by molar-refractivity contribution is 5.75. The van der Waals surface area contributed by atoms with Crippen molar-refractivity contribution in [3.63, 3.8) is 0 Å². The Kier molecular flexibility index (Phi) is 5.90. The molecule has 0 spiro atoms. The molecule has 1 aliphatic carbocycles. The van der Waals surface area contributed by atoms with Crippen molar-refractivity contribution >= 4 is 0 Å². The summed E-state index contributed by atoms with van der Waals surface area (Å²) in [5.41, 5.74) is 4.54. The number of benzene rings is 2. The number of alkyl halides is 3. The molecule has 3 aromatic rings. The van der Waals surface area contributed by atoms with Crippen LogP contribution in [0.4, 0.5) is 13.2 Å². The largest absolute Gasteiger partial charge is 0.493 e. The van der Waals surface area contributed by atoms with E-state index in [2.05, 4.69) is 0 Å². The van der Waals surface area contributed by atoms with Crippen molar-refractivity contribution in [2.24, 2.45) is 0 Å². The second-order valence-corrected chi connectivity index (χ2v) is 7.62. The Bertz CT molecular complexity index is 1060. The van der Waals surface area contributed by atoms with Gasteiger partial charge in [-0.3, -0.25) is 4.98 Å². The molecular formula is C25H24F3NO2. The van der Waals surface area contributed by atoms with Crippen LogP contribution in [0.15, 0.2) is 48.5 Å². The van der Waals surface area contributed by atoms with E-state index in [0.29, 0.717) is 18.1 Å². The standard InChI is InChI=1S/C25H24F3NO2/c1-3-30-24-21-6-4-5-7-22(21)29-16(2)23(24)17-8-12-19(13-9-17)31-20-14-10-18(11-15-20)25(26,27)28/h8-15H,3-7H2,1-2H3. The number of hydrogen-bond acceptors (Lipinski definition) is 3. The van der Waals surface area contributed by atoms with Crippen LogP contribution in [0.5, 0.6) is 17.2 Å². The summed E-state index contributed by atoms with van der Waals surface area (Å²) in [5.74, 6) is 1.81. The average Bonchev–Trinajstić information content (AvgIpc) is 2.74. The highest BCUT2D eigenvalue weighted by Gasteiger charge is 2.30. The van der Waals surface area contributed by atoms with Gasteiger partial charge in [0, 0.05) is 22.5 Å². The molecule has 0 saturated carbocycles. The van der Waals surface area contributed by atoms with E-state index < -0.39 is 11.7 Å². The van der Waals surface area contributed by atoms with Crippen LogP contribution < -0.4 is 9.47 Å². The molecule has 0 radical (unpaired) electrons. The first kappa shape index (κ1) is 21.2. The Hall–Kier alpha value is -3.02. The fraction of sp³-hybridized carbons (Fsp3) is 0.320. The zero-order valence-electron chi connectivity index (χ0n) is 17.6. The number of pyridine rings is 1. The lowest BCUT2D eigenvalue weighted by atomic mass is 9.91. The van der Waals surface area contributed by atoms with Gasteiger partial charge in [-0.1, -0.05) is 12.1 Å². The SMILES string of the molecule is CCOc1c2c(nc(C)c1-c1ccc(Oc3ccc(C(F)(F)F)cc3)cc1)CCCC2. The Morgan fingerprint density at radius 1 is 0.903 bits per heavy atom. The molecule has 0 unspecified atom stereocenters. The molecule has 0 bridgehead atoms. The summed E-state index contributed by atoms with van der Waals surface area (Å²) in [7, 11) is 0. The monoisotopic (exact) mass is 427 g/mol. The molecule has 162 valence electrons. The third-order valence-electron chi connectivity index (χ3n) is 5.45. The minimum absolute atomic E-state index is 0.349. The van der Waals surface area contributed by atoms with Gasteiger partial charge in [-0.05, 0) is 81.5 Å².